The average molecular weight is 555 g/mol. The Morgan fingerprint density at radius 2 is 1.83 bits per heavy atom. The predicted octanol–water partition coefficient (Wildman–Crippen LogP) is 6.33. The number of nitrogens with zero attached hydrogens (tertiary/aromatic N) is 3. The molecule has 0 saturated carbocycles. The van der Waals surface area contributed by atoms with Gasteiger partial charge in [0, 0.05) is 22.8 Å². The first-order chi connectivity index (χ1) is 16.6. The minimum absolute atomic E-state index is 0.138. The zero-order valence-electron chi connectivity index (χ0n) is 19.7. The summed E-state index contributed by atoms with van der Waals surface area (Å²) in [6, 6.07) is 9.70. The molecule has 186 valence electrons. The Bertz CT molecular complexity index is 1230. The summed E-state index contributed by atoms with van der Waals surface area (Å²) < 4.78 is 1.79. The number of carbonyl (C=O) groups is 2. The highest BCUT2D eigenvalue weighted by Gasteiger charge is 2.24. The van der Waals surface area contributed by atoms with Gasteiger partial charge in [-0.1, -0.05) is 66.5 Å². The maximum atomic E-state index is 12.9. The summed E-state index contributed by atoms with van der Waals surface area (Å²) in [5.74, 6) is 0.492. The SMILES string of the molecule is Cc1c(Cl)cccc1NC(=O)CSc1nnc([C@@H](CC(C)C)NC(=O)c2ccc(Cl)cc2Cl)n1C. The molecule has 2 amide bonds. The summed E-state index contributed by atoms with van der Waals surface area (Å²) in [5, 5.41) is 16.3. The maximum Gasteiger partial charge on any atom is 0.253 e. The zero-order chi connectivity index (χ0) is 25.7. The van der Waals surface area contributed by atoms with Gasteiger partial charge in [-0.3, -0.25) is 9.59 Å². The lowest BCUT2D eigenvalue weighted by atomic mass is 10.0. The summed E-state index contributed by atoms with van der Waals surface area (Å²) >= 11 is 19.6. The Hall–Kier alpha value is -2.26. The van der Waals surface area contributed by atoms with E-state index in [0.717, 1.165) is 5.56 Å². The number of aromatic nitrogens is 3. The third-order valence-corrected chi connectivity index (χ3v) is 7.22. The van der Waals surface area contributed by atoms with Gasteiger partial charge in [-0.15, -0.1) is 10.2 Å². The molecule has 0 bridgehead atoms. The van der Waals surface area contributed by atoms with Crippen molar-refractivity contribution in [2.45, 2.75) is 38.4 Å². The van der Waals surface area contributed by atoms with Crippen molar-refractivity contribution >= 4 is 64.1 Å². The highest BCUT2D eigenvalue weighted by molar-refractivity contribution is 7.99. The van der Waals surface area contributed by atoms with Gasteiger partial charge in [-0.25, -0.2) is 0 Å². The van der Waals surface area contributed by atoms with Gasteiger partial charge in [0.25, 0.3) is 5.91 Å². The predicted molar refractivity (Wildman–Crippen MR) is 143 cm³/mol. The summed E-state index contributed by atoms with van der Waals surface area (Å²) in [6.45, 7) is 5.96. The number of anilines is 1. The maximum absolute atomic E-state index is 12.9. The molecule has 2 aromatic carbocycles. The number of thioether (sulfide) groups is 1. The monoisotopic (exact) mass is 553 g/mol. The van der Waals surface area contributed by atoms with Gasteiger partial charge in [0.05, 0.1) is 22.4 Å². The van der Waals surface area contributed by atoms with Crippen LogP contribution in [-0.4, -0.2) is 32.3 Å². The third kappa shape index (κ3) is 7.13. The van der Waals surface area contributed by atoms with Gasteiger partial charge in [0.1, 0.15) is 0 Å². The molecular formula is C24H26Cl3N5O2S. The van der Waals surface area contributed by atoms with Crippen molar-refractivity contribution in [1.82, 2.24) is 20.1 Å². The number of nitrogens with one attached hydrogen (secondary N) is 2. The summed E-state index contributed by atoms with van der Waals surface area (Å²) in [4.78, 5) is 25.4. The van der Waals surface area contributed by atoms with Crippen LogP contribution in [0, 0.1) is 12.8 Å². The smallest absolute Gasteiger partial charge is 0.253 e. The third-order valence-electron chi connectivity index (χ3n) is 5.24. The highest BCUT2D eigenvalue weighted by atomic mass is 35.5. The Morgan fingerprint density at radius 3 is 2.51 bits per heavy atom. The minimum Gasteiger partial charge on any atom is -0.342 e. The molecule has 0 saturated heterocycles. The van der Waals surface area contributed by atoms with Crippen LogP contribution in [0.1, 0.15) is 48.1 Å². The van der Waals surface area contributed by atoms with Crippen LogP contribution in [-0.2, 0) is 11.8 Å². The Balaban J connectivity index is 1.71. The standard InChI is InChI=1S/C24H26Cl3N5O2S/c1-13(2)10-20(29-23(34)16-9-8-15(25)11-18(16)27)22-30-31-24(32(22)4)35-12-21(33)28-19-7-5-6-17(26)14(19)3/h5-9,11,13,20H,10,12H2,1-4H3,(H,28,33)(H,29,34)/t20-/m1/s1. The molecule has 35 heavy (non-hydrogen) atoms. The van der Waals surface area contributed by atoms with E-state index in [-0.39, 0.29) is 28.5 Å². The van der Waals surface area contributed by atoms with E-state index in [0.29, 0.717) is 38.7 Å². The molecule has 2 N–H and O–H groups in total. The van der Waals surface area contributed by atoms with Crippen molar-refractivity contribution in [2.75, 3.05) is 11.1 Å². The van der Waals surface area contributed by atoms with Crippen molar-refractivity contribution < 1.29 is 9.59 Å². The largest absolute Gasteiger partial charge is 0.342 e. The van der Waals surface area contributed by atoms with E-state index in [1.54, 1.807) is 34.9 Å². The van der Waals surface area contributed by atoms with E-state index in [2.05, 4.69) is 34.7 Å². The van der Waals surface area contributed by atoms with Crippen LogP contribution in [0.25, 0.3) is 0 Å². The van der Waals surface area contributed by atoms with Crippen molar-refractivity contribution in [3.05, 3.63) is 68.4 Å². The molecule has 7 nitrogen and oxygen atoms in total. The quantitative estimate of drug-likeness (QED) is 0.302. The van der Waals surface area contributed by atoms with Crippen LogP contribution >= 0.6 is 46.6 Å². The molecule has 0 radical (unpaired) electrons. The molecule has 0 aliphatic carbocycles. The van der Waals surface area contributed by atoms with Gasteiger partial charge in [-0.05, 0) is 55.2 Å². The fourth-order valence-corrected chi connectivity index (χ4v) is 4.81. The molecule has 3 rings (SSSR count). The van der Waals surface area contributed by atoms with E-state index in [9.17, 15) is 9.59 Å². The first kappa shape index (κ1) is 27.3. The molecule has 0 aliphatic heterocycles. The number of hydrogen-bond donors (Lipinski definition) is 2. The molecule has 0 aliphatic rings. The fraction of sp³-hybridized carbons (Fsp3) is 0.333. The van der Waals surface area contributed by atoms with Gasteiger partial charge in [0.2, 0.25) is 5.91 Å². The lowest BCUT2D eigenvalue weighted by molar-refractivity contribution is -0.113. The Kier molecular flexibility index (Phi) is 9.47. The molecule has 3 aromatic rings. The first-order valence-electron chi connectivity index (χ1n) is 10.9. The molecule has 0 spiro atoms. The highest BCUT2D eigenvalue weighted by Crippen LogP contribution is 2.27. The van der Waals surface area contributed by atoms with E-state index >= 15 is 0 Å². The van der Waals surface area contributed by atoms with E-state index in [1.165, 1.54) is 17.8 Å². The van der Waals surface area contributed by atoms with E-state index in [4.69, 9.17) is 34.8 Å². The van der Waals surface area contributed by atoms with Crippen molar-refractivity contribution in [1.29, 1.82) is 0 Å². The molecule has 1 atom stereocenters. The van der Waals surface area contributed by atoms with Crippen LogP contribution in [0.15, 0.2) is 41.6 Å². The van der Waals surface area contributed by atoms with E-state index in [1.807, 2.05) is 14.0 Å². The Labute approximate surface area is 223 Å². The van der Waals surface area contributed by atoms with Crippen LogP contribution in [0.4, 0.5) is 5.69 Å². The normalized spacial score (nSPS) is 12.0. The van der Waals surface area contributed by atoms with Crippen LogP contribution < -0.4 is 10.6 Å². The molecule has 1 aromatic heterocycles. The van der Waals surface area contributed by atoms with Gasteiger partial charge < -0.3 is 15.2 Å². The van der Waals surface area contributed by atoms with Gasteiger partial charge in [0.15, 0.2) is 11.0 Å². The molecular weight excluding hydrogens is 529 g/mol. The number of benzene rings is 2. The lowest BCUT2D eigenvalue weighted by Gasteiger charge is -2.20. The Morgan fingerprint density at radius 1 is 1.09 bits per heavy atom. The summed E-state index contributed by atoms with van der Waals surface area (Å²) in [7, 11) is 1.81. The van der Waals surface area contributed by atoms with Gasteiger partial charge >= 0.3 is 0 Å². The van der Waals surface area contributed by atoms with Crippen molar-refractivity contribution in [3.63, 3.8) is 0 Å². The van der Waals surface area contributed by atoms with Gasteiger partial charge in [-0.2, -0.15) is 0 Å². The fourth-order valence-electron chi connectivity index (χ4n) is 3.42. The average Bonchev–Trinajstić information content (AvgIpc) is 3.15. The van der Waals surface area contributed by atoms with E-state index < -0.39 is 6.04 Å². The number of hydrogen-bond acceptors (Lipinski definition) is 5. The van der Waals surface area contributed by atoms with Crippen LogP contribution in [0.5, 0.6) is 0 Å². The number of rotatable bonds is 9. The van der Waals surface area contributed by atoms with Crippen LogP contribution in [0.2, 0.25) is 15.1 Å². The molecule has 11 heteroatoms. The second kappa shape index (κ2) is 12.1. The molecule has 1 heterocycles. The van der Waals surface area contributed by atoms with Crippen molar-refractivity contribution in [3.8, 4) is 0 Å². The minimum atomic E-state index is -0.399. The van der Waals surface area contributed by atoms with Crippen molar-refractivity contribution in [2.24, 2.45) is 13.0 Å². The van der Waals surface area contributed by atoms with Crippen LogP contribution in [0.3, 0.4) is 0 Å². The lowest BCUT2D eigenvalue weighted by Crippen LogP contribution is -2.31. The summed E-state index contributed by atoms with van der Waals surface area (Å²) in [5.41, 5.74) is 1.80. The second-order valence-corrected chi connectivity index (χ2v) is 10.6. The summed E-state index contributed by atoms with van der Waals surface area (Å²) in [6.07, 6.45) is 0.641. The first-order valence-corrected chi connectivity index (χ1v) is 13.0. The molecule has 0 fully saturated rings. The number of amides is 2. The second-order valence-electron chi connectivity index (χ2n) is 8.43. The topological polar surface area (TPSA) is 88.9 Å². The number of halogens is 3. The molecule has 0 unspecified atom stereocenters. The zero-order valence-corrected chi connectivity index (χ0v) is 22.8. The number of carbonyl (C=O) groups excluding carboxylic acids is 2.